The van der Waals surface area contributed by atoms with Crippen molar-refractivity contribution in [3.63, 3.8) is 0 Å². The van der Waals surface area contributed by atoms with Gasteiger partial charge in [-0.25, -0.2) is 14.5 Å². The van der Waals surface area contributed by atoms with Crippen molar-refractivity contribution in [3.05, 3.63) is 18.7 Å². The van der Waals surface area contributed by atoms with Crippen molar-refractivity contribution in [1.29, 1.82) is 0 Å². The van der Waals surface area contributed by atoms with Crippen LogP contribution in [0.4, 0.5) is 0 Å². The summed E-state index contributed by atoms with van der Waals surface area (Å²) in [7, 11) is 1.28. The van der Waals surface area contributed by atoms with Crippen LogP contribution in [0, 0.1) is 5.92 Å². The van der Waals surface area contributed by atoms with Crippen molar-refractivity contribution in [1.82, 2.24) is 15.0 Å². The van der Waals surface area contributed by atoms with Gasteiger partial charge in [0.15, 0.2) is 0 Å². The zero-order chi connectivity index (χ0) is 17.8. The lowest BCUT2D eigenvalue weighted by Crippen LogP contribution is -2.47. The predicted molar refractivity (Wildman–Crippen MR) is 84.7 cm³/mol. The van der Waals surface area contributed by atoms with Crippen molar-refractivity contribution >= 4 is 17.8 Å². The van der Waals surface area contributed by atoms with Gasteiger partial charge in [0.25, 0.3) is 0 Å². The Morgan fingerprint density at radius 1 is 1.30 bits per heavy atom. The van der Waals surface area contributed by atoms with E-state index in [-0.39, 0.29) is 24.3 Å². The molecular formula is C14H25N5O4. The molecule has 0 aliphatic carbocycles. The molecular weight excluding hydrogens is 302 g/mol. The molecule has 0 saturated heterocycles. The number of carbonyl (C=O) groups excluding carboxylic acids is 3. The molecule has 1 atom stereocenters. The van der Waals surface area contributed by atoms with E-state index in [0.29, 0.717) is 6.42 Å². The van der Waals surface area contributed by atoms with Gasteiger partial charge in [0.05, 0.1) is 13.7 Å². The Hall–Kier alpha value is -2.42. The minimum absolute atomic E-state index is 0.0112. The molecule has 2 amide bonds. The minimum atomic E-state index is -0.610. The topological polar surface area (TPSA) is 128 Å². The Bertz CT molecular complexity index is 487. The summed E-state index contributed by atoms with van der Waals surface area (Å²) in [6.07, 6.45) is 5.30. The molecule has 23 heavy (non-hydrogen) atoms. The maximum absolute atomic E-state index is 11.1. The number of aromatic nitrogens is 2. The van der Waals surface area contributed by atoms with Gasteiger partial charge in [0.2, 0.25) is 11.8 Å². The summed E-state index contributed by atoms with van der Waals surface area (Å²) in [5, 5.41) is 2.48. The van der Waals surface area contributed by atoms with Gasteiger partial charge in [-0.05, 0) is 5.92 Å². The number of hydrogen-bond donors (Lipinski definition) is 3. The maximum atomic E-state index is 11.1. The summed E-state index contributed by atoms with van der Waals surface area (Å²) in [4.78, 5) is 36.5. The van der Waals surface area contributed by atoms with Crippen molar-refractivity contribution in [2.45, 2.75) is 33.2 Å². The zero-order valence-corrected chi connectivity index (χ0v) is 13.9. The summed E-state index contributed by atoms with van der Waals surface area (Å²) in [5.41, 5.74) is 7.68. The monoisotopic (exact) mass is 327 g/mol. The second-order valence-electron chi connectivity index (χ2n) is 4.87. The van der Waals surface area contributed by atoms with Crippen LogP contribution in [0.15, 0.2) is 18.7 Å². The van der Waals surface area contributed by atoms with E-state index in [2.05, 4.69) is 20.5 Å². The molecule has 0 radical (unpaired) electrons. The van der Waals surface area contributed by atoms with Crippen LogP contribution in [0.1, 0.15) is 27.2 Å². The molecule has 1 aromatic heterocycles. The maximum Gasteiger partial charge on any atom is 0.328 e. The summed E-state index contributed by atoms with van der Waals surface area (Å²) < 4.78 is 6.04. The van der Waals surface area contributed by atoms with Gasteiger partial charge in [0, 0.05) is 18.8 Å². The fraction of sp³-hybridized carbons (Fsp3) is 0.571. The summed E-state index contributed by atoms with van der Waals surface area (Å²) in [5.74, 6) is -0.832. The lowest BCUT2D eigenvalue weighted by molar-refractivity contribution is -0.146. The highest BCUT2D eigenvalue weighted by Crippen LogP contribution is 2.02. The lowest BCUT2D eigenvalue weighted by Gasteiger charge is -2.19. The fourth-order valence-corrected chi connectivity index (χ4v) is 1.41. The number of rotatable bonds is 6. The number of carbonyl (C=O) groups is 3. The molecule has 4 N–H and O–H groups in total. The van der Waals surface area contributed by atoms with E-state index >= 15 is 0 Å². The third-order valence-electron chi connectivity index (χ3n) is 2.70. The lowest BCUT2D eigenvalue weighted by atomic mass is 10.0. The third kappa shape index (κ3) is 8.57. The predicted octanol–water partition coefficient (Wildman–Crippen LogP) is -0.378. The van der Waals surface area contributed by atoms with Gasteiger partial charge < -0.3 is 15.8 Å². The average Bonchev–Trinajstić information content (AvgIpc) is 3.04. The van der Waals surface area contributed by atoms with Crippen molar-refractivity contribution in [3.8, 4) is 0 Å². The van der Waals surface area contributed by atoms with Crippen LogP contribution in [0.3, 0.4) is 0 Å². The Morgan fingerprint density at radius 2 is 1.96 bits per heavy atom. The van der Waals surface area contributed by atoms with Gasteiger partial charge in [-0.2, -0.15) is 0 Å². The number of nitrogens with zero attached hydrogens (tertiary/aromatic N) is 2. The third-order valence-corrected chi connectivity index (χ3v) is 2.70. The Kier molecular flexibility index (Phi) is 10.0. The highest BCUT2D eigenvalue weighted by molar-refractivity contribution is 5.85. The number of ether oxygens (including phenoxy) is 1. The van der Waals surface area contributed by atoms with Crippen LogP contribution in [0.5, 0.6) is 0 Å². The van der Waals surface area contributed by atoms with Gasteiger partial charge in [0.1, 0.15) is 12.4 Å². The fourth-order valence-electron chi connectivity index (χ4n) is 1.41. The largest absolute Gasteiger partial charge is 0.467 e. The first-order chi connectivity index (χ1) is 10.8. The molecule has 1 rings (SSSR count). The number of nitrogens with two attached hydrogens (primary N) is 1. The van der Waals surface area contributed by atoms with Gasteiger partial charge >= 0.3 is 5.97 Å². The Labute approximate surface area is 135 Å². The van der Waals surface area contributed by atoms with Crippen molar-refractivity contribution < 1.29 is 19.1 Å². The van der Waals surface area contributed by atoms with Gasteiger partial charge in [-0.15, -0.1) is 0 Å². The van der Waals surface area contributed by atoms with E-state index in [1.54, 1.807) is 19.3 Å². The number of nitrogens with one attached hydrogen (secondary N) is 2. The first kappa shape index (κ1) is 20.6. The van der Waals surface area contributed by atoms with Crippen LogP contribution in [-0.2, 0) is 19.1 Å². The second-order valence-corrected chi connectivity index (χ2v) is 4.87. The van der Waals surface area contributed by atoms with Gasteiger partial charge in [-0.3, -0.25) is 15.0 Å². The zero-order valence-electron chi connectivity index (χ0n) is 13.9. The van der Waals surface area contributed by atoms with E-state index in [4.69, 9.17) is 5.73 Å². The minimum Gasteiger partial charge on any atom is -0.467 e. The van der Waals surface area contributed by atoms with E-state index in [1.165, 1.54) is 18.1 Å². The molecule has 0 spiro atoms. The number of esters is 1. The number of imidazole rings is 1. The van der Waals surface area contributed by atoms with Crippen LogP contribution >= 0.6 is 0 Å². The van der Waals surface area contributed by atoms with E-state index in [9.17, 15) is 14.4 Å². The Morgan fingerprint density at radius 3 is 2.35 bits per heavy atom. The van der Waals surface area contributed by atoms with Gasteiger partial charge in [-0.1, -0.05) is 20.8 Å². The van der Waals surface area contributed by atoms with Crippen molar-refractivity contribution in [2.24, 2.45) is 11.7 Å². The molecule has 0 aromatic carbocycles. The Balaban J connectivity index is 0.000000433. The molecule has 1 aromatic rings. The van der Waals surface area contributed by atoms with E-state index in [0.717, 1.165) is 0 Å². The van der Waals surface area contributed by atoms with Crippen molar-refractivity contribution in [2.75, 3.05) is 19.1 Å². The first-order valence-corrected chi connectivity index (χ1v) is 7.20. The molecule has 0 aliphatic rings. The number of amides is 2. The highest BCUT2D eigenvalue weighted by atomic mass is 16.5. The summed E-state index contributed by atoms with van der Waals surface area (Å²) in [6.45, 7) is 5.31. The molecule has 0 saturated carbocycles. The van der Waals surface area contributed by atoms with E-state index in [1.807, 2.05) is 13.8 Å². The first-order valence-electron chi connectivity index (χ1n) is 7.20. The molecule has 130 valence electrons. The van der Waals surface area contributed by atoms with E-state index < -0.39 is 12.0 Å². The molecule has 0 fully saturated rings. The SMILES string of the molecule is CCC(=O)Nn1ccnc1.COC(=O)C(NC(=O)CN)C(C)C. The molecule has 9 nitrogen and oxygen atoms in total. The molecule has 9 heteroatoms. The van der Waals surface area contributed by atoms with Crippen LogP contribution in [0.25, 0.3) is 0 Å². The second kappa shape index (κ2) is 11.2. The molecule has 0 aliphatic heterocycles. The number of hydrogen-bond acceptors (Lipinski definition) is 6. The standard InChI is InChI=1S/C8H16N2O3.C6H9N3O/c1-5(2)7(8(12)13-3)10-6(11)4-9;1-2-6(10)8-9-4-3-7-5-9/h5,7H,4,9H2,1-3H3,(H,10,11);3-5H,2H2,1H3,(H,8,10). The molecule has 1 heterocycles. The normalized spacial score (nSPS) is 11.0. The molecule has 0 bridgehead atoms. The van der Waals surface area contributed by atoms with Crippen LogP contribution in [-0.4, -0.2) is 47.1 Å². The molecule has 1 unspecified atom stereocenters. The number of methoxy groups -OCH3 is 1. The smallest absolute Gasteiger partial charge is 0.328 e. The quantitative estimate of drug-likeness (QED) is 0.611. The average molecular weight is 327 g/mol. The highest BCUT2D eigenvalue weighted by Gasteiger charge is 2.23. The summed E-state index contributed by atoms with van der Waals surface area (Å²) >= 11 is 0. The van der Waals surface area contributed by atoms with Crippen LogP contribution < -0.4 is 16.5 Å². The summed E-state index contributed by atoms with van der Waals surface area (Å²) in [6, 6.07) is -0.610. The van der Waals surface area contributed by atoms with Crippen LogP contribution in [0.2, 0.25) is 0 Å².